The first-order chi connectivity index (χ1) is 11.1. The molecule has 0 spiro atoms. The molecule has 1 rings (SSSR count). The molecule has 1 amide bonds. The second-order valence-corrected chi connectivity index (χ2v) is 5.43. The molecule has 0 saturated carbocycles. The predicted molar refractivity (Wildman–Crippen MR) is 72.9 cm³/mol. The summed E-state index contributed by atoms with van der Waals surface area (Å²) in [5.74, 6) is -1.32. The lowest BCUT2D eigenvalue weighted by molar-refractivity contribution is -0.306. The van der Waals surface area contributed by atoms with Gasteiger partial charge in [0.25, 0.3) is 0 Å². The average molecular weight is 357 g/mol. The molecule has 1 aliphatic rings. The van der Waals surface area contributed by atoms with E-state index in [0.29, 0.717) is 0 Å². The number of carbonyl (C=O) groups is 1. The average Bonchev–Trinajstić information content (AvgIpc) is 2.56. The summed E-state index contributed by atoms with van der Waals surface area (Å²) < 4.78 is 9.94. The van der Waals surface area contributed by atoms with E-state index in [-0.39, 0.29) is 0 Å². The zero-order valence-corrected chi connectivity index (χ0v) is 12.5. The molecule has 0 aliphatic carbocycles. The van der Waals surface area contributed by atoms with Crippen molar-refractivity contribution >= 4 is 5.91 Å². The van der Waals surface area contributed by atoms with Gasteiger partial charge in [0.2, 0.25) is 5.91 Å². The van der Waals surface area contributed by atoms with E-state index < -0.39 is 74.2 Å². The van der Waals surface area contributed by atoms with Gasteiger partial charge >= 0.3 is 0 Å². The van der Waals surface area contributed by atoms with E-state index in [2.05, 4.69) is 0 Å². The van der Waals surface area contributed by atoms with Crippen LogP contribution in [0.1, 0.15) is 0 Å². The van der Waals surface area contributed by atoms with Crippen LogP contribution < -0.4 is 5.73 Å². The van der Waals surface area contributed by atoms with Crippen LogP contribution in [-0.2, 0) is 14.3 Å². The summed E-state index contributed by atoms with van der Waals surface area (Å²) in [6, 6.07) is 0. The highest BCUT2D eigenvalue weighted by molar-refractivity contribution is 5.79. The van der Waals surface area contributed by atoms with Crippen LogP contribution >= 0.6 is 0 Å². The zero-order valence-electron chi connectivity index (χ0n) is 12.5. The molecule has 142 valence electrons. The normalized spacial score (nSPS) is 35.9. The second-order valence-electron chi connectivity index (χ2n) is 5.43. The number of nitrogens with two attached hydrogens (primary N) is 1. The van der Waals surface area contributed by atoms with Crippen LogP contribution in [0.2, 0.25) is 0 Å². The minimum absolute atomic E-state index is 0.681. The lowest BCUT2D eigenvalue weighted by Crippen LogP contribution is -2.59. The second kappa shape index (κ2) is 8.96. The number of ether oxygens (including phenoxy) is 2. The van der Waals surface area contributed by atoms with Crippen molar-refractivity contribution in [2.75, 3.05) is 13.2 Å². The largest absolute Gasteiger partial charge is 0.394 e. The number of carbonyl (C=O) groups excluding carboxylic acids is 1. The Hall–Kier alpha value is -0.930. The Morgan fingerprint density at radius 1 is 1.04 bits per heavy atom. The summed E-state index contributed by atoms with van der Waals surface area (Å²) in [7, 11) is 0. The van der Waals surface area contributed by atoms with E-state index in [1.54, 1.807) is 0 Å². The van der Waals surface area contributed by atoms with Gasteiger partial charge in [0, 0.05) is 0 Å². The Balaban J connectivity index is 2.59. The van der Waals surface area contributed by atoms with Crippen molar-refractivity contribution in [2.45, 2.75) is 55.1 Å². The first-order valence-electron chi connectivity index (χ1n) is 7.05. The number of primary amides is 1. The van der Waals surface area contributed by atoms with Crippen molar-refractivity contribution < 1.29 is 55.1 Å². The molecule has 24 heavy (non-hydrogen) atoms. The summed E-state index contributed by atoms with van der Waals surface area (Å²) in [5, 5.41) is 75.8. The molecule has 1 heterocycles. The van der Waals surface area contributed by atoms with Gasteiger partial charge in [-0.3, -0.25) is 4.79 Å². The summed E-state index contributed by atoms with van der Waals surface area (Å²) >= 11 is 0. The van der Waals surface area contributed by atoms with E-state index in [9.17, 15) is 40.5 Å². The van der Waals surface area contributed by atoms with Crippen molar-refractivity contribution in [2.24, 2.45) is 5.73 Å². The Kier molecular flexibility index (Phi) is 7.88. The van der Waals surface area contributed by atoms with Gasteiger partial charge in [0.05, 0.1) is 13.2 Å². The topological polar surface area (TPSA) is 223 Å². The molecule has 0 bridgehead atoms. The maximum absolute atomic E-state index is 10.7. The Bertz CT molecular complexity index is 408. The molecule has 1 fully saturated rings. The quantitative estimate of drug-likeness (QED) is 0.198. The van der Waals surface area contributed by atoms with Crippen LogP contribution in [0.3, 0.4) is 0 Å². The van der Waals surface area contributed by atoms with Crippen molar-refractivity contribution in [3.63, 3.8) is 0 Å². The van der Waals surface area contributed by atoms with Crippen LogP contribution in [-0.4, -0.2) is 115 Å². The van der Waals surface area contributed by atoms with Crippen LogP contribution in [0.25, 0.3) is 0 Å². The van der Waals surface area contributed by atoms with E-state index in [1.165, 1.54) is 0 Å². The van der Waals surface area contributed by atoms with Gasteiger partial charge in [-0.15, -0.1) is 0 Å². The third-order valence-corrected chi connectivity index (χ3v) is 3.64. The van der Waals surface area contributed by atoms with Gasteiger partial charge in [-0.05, 0) is 0 Å². The maximum Gasteiger partial charge on any atom is 0.249 e. The fourth-order valence-electron chi connectivity index (χ4n) is 2.08. The summed E-state index contributed by atoms with van der Waals surface area (Å²) in [6.45, 7) is -1.42. The number of rotatable bonds is 8. The minimum atomic E-state index is -2.12. The molecule has 1 saturated heterocycles. The molecule has 0 aromatic carbocycles. The standard InChI is InChI=1S/C12H23NO11/c13-11(22)9(20)7(18)5(16)3(15)2-23-12-10(21)8(19)6(17)4(1-14)24-12/h3-10,12,14-21H,1-2H2,(H2,13,22)/t3?,4-,5?,6+,7?,8+,9?,10-,12+/m1/s1. The molecule has 1 aliphatic heterocycles. The molecule has 12 nitrogen and oxygen atoms in total. The molecule has 10 N–H and O–H groups in total. The smallest absolute Gasteiger partial charge is 0.249 e. The molecule has 12 heteroatoms. The van der Waals surface area contributed by atoms with E-state index in [4.69, 9.17) is 20.3 Å². The first kappa shape index (κ1) is 21.1. The third kappa shape index (κ3) is 4.80. The SMILES string of the molecule is NC(=O)C(O)C(O)C(O)C(O)CO[C@H]1O[C@H](CO)[C@H](O)[C@H](O)[C@H]1O. The molecule has 0 aromatic rings. The number of aliphatic hydroxyl groups excluding tert-OH is 8. The van der Waals surface area contributed by atoms with Crippen LogP contribution in [0.5, 0.6) is 0 Å². The lowest BCUT2D eigenvalue weighted by Gasteiger charge is -2.40. The van der Waals surface area contributed by atoms with Gasteiger partial charge in [-0.2, -0.15) is 0 Å². The number of amides is 1. The van der Waals surface area contributed by atoms with Crippen LogP contribution in [0.4, 0.5) is 0 Å². The van der Waals surface area contributed by atoms with E-state index in [1.807, 2.05) is 0 Å². The number of aliphatic hydroxyl groups is 8. The van der Waals surface area contributed by atoms with Crippen LogP contribution in [0.15, 0.2) is 0 Å². The molecular formula is C12H23NO11. The van der Waals surface area contributed by atoms with Gasteiger partial charge in [-0.25, -0.2) is 0 Å². The molecular weight excluding hydrogens is 334 g/mol. The highest BCUT2D eigenvalue weighted by atomic mass is 16.7. The Morgan fingerprint density at radius 3 is 2.12 bits per heavy atom. The van der Waals surface area contributed by atoms with Gasteiger partial charge in [-0.1, -0.05) is 0 Å². The van der Waals surface area contributed by atoms with Crippen molar-refractivity contribution in [1.29, 1.82) is 0 Å². The fraction of sp³-hybridized carbons (Fsp3) is 0.917. The molecule has 0 aromatic heterocycles. The first-order valence-corrected chi connectivity index (χ1v) is 7.05. The molecule has 4 unspecified atom stereocenters. The van der Waals surface area contributed by atoms with Crippen LogP contribution in [0, 0.1) is 0 Å². The maximum atomic E-state index is 10.7. The minimum Gasteiger partial charge on any atom is -0.394 e. The van der Waals surface area contributed by atoms with Gasteiger partial charge < -0.3 is 56.1 Å². The van der Waals surface area contributed by atoms with E-state index >= 15 is 0 Å². The summed E-state index contributed by atoms with van der Waals surface area (Å²) in [6.07, 6.45) is -15.8. The monoisotopic (exact) mass is 357 g/mol. The van der Waals surface area contributed by atoms with Crippen molar-refractivity contribution in [1.82, 2.24) is 0 Å². The Morgan fingerprint density at radius 2 is 1.62 bits per heavy atom. The number of hydrogen-bond acceptors (Lipinski definition) is 11. The highest BCUT2D eigenvalue weighted by Gasteiger charge is 2.44. The highest BCUT2D eigenvalue weighted by Crippen LogP contribution is 2.22. The molecule has 9 atom stereocenters. The van der Waals surface area contributed by atoms with Crippen molar-refractivity contribution in [3.8, 4) is 0 Å². The van der Waals surface area contributed by atoms with Gasteiger partial charge in [0.1, 0.15) is 42.7 Å². The summed E-state index contributed by atoms with van der Waals surface area (Å²) in [4.78, 5) is 10.7. The fourth-order valence-corrected chi connectivity index (χ4v) is 2.08. The number of hydrogen-bond donors (Lipinski definition) is 9. The van der Waals surface area contributed by atoms with Gasteiger partial charge in [0.15, 0.2) is 12.4 Å². The molecule has 0 radical (unpaired) electrons. The van der Waals surface area contributed by atoms with E-state index in [0.717, 1.165) is 0 Å². The zero-order chi connectivity index (χ0) is 18.6. The Labute approximate surface area is 136 Å². The summed E-state index contributed by atoms with van der Waals surface area (Å²) in [5.41, 5.74) is 4.74. The third-order valence-electron chi connectivity index (χ3n) is 3.64. The van der Waals surface area contributed by atoms with Crippen molar-refractivity contribution in [3.05, 3.63) is 0 Å². The predicted octanol–water partition coefficient (Wildman–Crippen LogP) is -6.27. The lowest BCUT2D eigenvalue weighted by atomic mass is 9.99.